The van der Waals surface area contributed by atoms with Gasteiger partial charge in [-0.3, -0.25) is 19.7 Å². The molecule has 1 aromatic rings. The van der Waals surface area contributed by atoms with Crippen molar-refractivity contribution >= 4 is 23.4 Å². The standard InChI is InChI=1S/C23H33N3O3/c1-11-12(2)14-15(16(24)13(11)3)21(6,7)26(17(14)27)23(10)19(29)25-18(28)20(4,5)22(23,8)9/h24H2,1-10H3,(H,25,28,29). The van der Waals surface area contributed by atoms with E-state index in [1.165, 1.54) is 0 Å². The predicted octanol–water partition coefficient (Wildman–Crippen LogP) is 3.35. The van der Waals surface area contributed by atoms with Crippen molar-refractivity contribution in [1.82, 2.24) is 10.2 Å². The highest BCUT2D eigenvalue weighted by atomic mass is 16.2. The lowest BCUT2D eigenvalue weighted by Gasteiger charge is -2.60. The van der Waals surface area contributed by atoms with E-state index >= 15 is 0 Å². The second-order valence-electron chi connectivity index (χ2n) is 10.3. The molecule has 3 amide bonds. The molecular formula is C23H33N3O3. The number of fused-ring (bicyclic) bond motifs is 1. The molecule has 0 spiro atoms. The molecule has 0 saturated carbocycles. The van der Waals surface area contributed by atoms with Crippen molar-refractivity contribution in [2.24, 2.45) is 10.8 Å². The predicted molar refractivity (Wildman–Crippen MR) is 113 cm³/mol. The molecule has 1 fully saturated rings. The van der Waals surface area contributed by atoms with Crippen LogP contribution in [0.5, 0.6) is 0 Å². The van der Waals surface area contributed by atoms with E-state index in [4.69, 9.17) is 5.73 Å². The highest BCUT2D eigenvalue weighted by Crippen LogP contribution is 2.58. The molecule has 2 heterocycles. The first-order valence-corrected chi connectivity index (χ1v) is 10.1. The molecule has 1 unspecified atom stereocenters. The quantitative estimate of drug-likeness (QED) is 0.559. The van der Waals surface area contributed by atoms with Crippen LogP contribution in [0, 0.1) is 31.6 Å². The molecule has 0 aliphatic carbocycles. The van der Waals surface area contributed by atoms with Crippen LogP contribution in [0.4, 0.5) is 5.69 Å². The average molecular weight is 400 g/mol. The van der Waals surface area contributed by atoms with Gasteiger partial charge in [0.15, 0.2) is 0 Å². The fourth-order valence-corrected chi connectivity index (χ4v) is 5.26. The molecule has 3 rings (SSSR count). The Balaban J connectivity index is 2.37. The van der Waals surface area contributed by atoms with E-state index in [0.29, 0.717) is 11.3 Å². The zero-order valence-electron chi connectivity index (χ0n) is 19.2. The number of imide groups is 1. The topological polar surface area (TPSA) is 92.5 Å². The Hall–Kier alpha value is -2.37. The summed E-state index contributed by atoms with van der Waals surface area (Å²) >= 11 is 0. The van der Waals surface area contributed by atoms with Crippen LogP contribution < -0.4 is 11.1 Å². The van der Waals surface area contributed by atoms with Gasteiger partial charge in [0.2, 0.25) is 5.91 Å². The van der Waals surface area contributed by atoms with E-state index in [2.05, 4.69) is 5.32 Å². The molecule has 29 heavy (non-hydrogen) atoms. The zero-order chi connectivity index (χ0) is 22.5. The molecule has 6 nitrogen and oxygen atoms in total. The summed E-state index contributed by atoms with van der Waals surface area (Å²) in [7, 11) is 0. The number of nitrogens with one attached hydrogen (secondary N) is 1. The summed E-state index contributed by atoms with van der Waals surface area (Å²) in [4.78, 5) is 41.5. The van der Waals surface area contributed by atoms with Crippen LogP contribution in [0.1, 0.15) is 81.1 Å². The van der Waals surface area contributed by atoms with Crippen molar-refractivity contribution in [3.8, 4) is 0 Å². The maximum atomic E-state index is 13.9. The van der Waals surface area contributed by atoms with Gasteiger partial charge >= 0.3 is 0 Å². The summed E-state index contributed by atoms with van der Waals surface area (Å²) < 4.78 is 0. The summed E-state index contributed by atoms with van der Waals surface area (Å²) in [5.41, 5.74) is 7.51. The van der Waals surface area contributed by atoms with E-state index in [1.54, 1.807) is 11.8 Å². The SMILES string of the molecule is Cc1c(C)c(N)c2c(c1C)C(=O)N(C1(C)C(=O)NC(=O)C(C)(C)C1(C)C)C2(C)C. The third-order valence-electron chi connectivity index (χ3n) is 8.47. The molecule has 2 aliphatic rings. The first kappa shape index (κ1) is 21.3. The molecule has 0 radical (unpaired) electrons. The summed E-state index contributed by atoms with van der Waals surface area (Å²) in [6, 6.07) is 0. The summed E-state index contributed by atoms with van der Waals surface area (Å²) in [6.45, 7) is 18.9. The number of anilines is 1. The molecule has 1 saturated heterocycles. The Morgan fingerprint density at radius 2 is 1.31 bits per heavy atom. The number of nitrogens with two attached hydrogens (primary N) is 1. The smallest absolute Gasteiger partial charge is 0.256 e. The second kappa shape index (κ2) is 5.61. The number of nitrogens with zero attached hydrogens (tertiary/aromatic N) is 1. The Kier molecular flexibility index (Phi) is 4.13. The van der Waals surface area contributed by atoms with Crippen LogP contribution in [-0.2, 0) is 15.1 Å². The van der Waals surface area contributed by atoms with Gasteiger partial charge in [0.25, 0.3) is 11.8 Å². The minimum atomic E-state index is -1.26. The average Bonchev–Trinajstić information content (AvgIpc) is 2.81. The van der Waals surface area contributed by atoms with Crippen LogP contribution >= 0.6 is 0 Å². The first-order chi connectivity index (χ1) is 13.0. The van der Waals surface area contributed by atoms with Crippen LogP contribution in [0.25, 0.3) is 0 Å². The fraction of sp³-hybridized carbons (Fsp3) is 0.609. The lowest BCUT2D eigenvalue weighted by molar-refractivity contribution is -0.173. The Morgan fingerprint density at radius 1 is 0.793 bits per heavy atom. The van der Waals surface area contributed by atoms with Crippen LogP contribution in [0.15, 0.2) is 0 Å². The van der Waals surface area contributed by atoms with E-state index in [9.17, 15) is 14.4 Å². The molecular weight excluding hydrogens is 366 g/mol. The molecule has 0 bridgehead atoms. The number of carbonyl (C=O) groups is 3. The molecule has 1 atom stereocenters. The summed E-state index contributed by atoms with van der Waals surface area (Å²) in [5, 5.41) is 2.53. The third kappa shape index (κ3) is 2.15. The monoisotopic (exact) mass is 399 g/mol. The minimum absolute atomic E-state index is 0.215. The molecule has 1 aromatic carbocycles. The largest absolute Gasteiger partial charge is 0.398 e. The second-order valence-corrected chi connectivity index (χ2v) is 10.3. The van der Waals surface area contributed by atoms with Gasteiger partial charge in [0.05, 0.1) is 16.5 Å². The number of hydrogen-bond donors (Lipinski definition) is 2. The lowest BCUT2D eigenvalue weighted by atomic mass is 9.54. The van der Waals surface area contributed by atoms with Crippen molar-refractivity contribution in [3.63, 3.8) is 0 Å². The van der Waals surface area contributed by atoms with Crippen molar-refractivity contribution < 1.29 is 14.4 Å². The summed E-state index contributed by atoms with van der Waals surface area (Å²) in [5.74, 6) is -0.992. The maximum absolute atomic E-state index is 13.9. The van der Waals surface area contributed by atoms with E-state index in [1.807, 2.05) is 62.3 Å². The van der Waals surface area contributed by atoms with Crippen molar-refractivity contribution in [3.05, 3.63) is 27.8 Å². The van der Waals surface area contributed by atoms with Crippen molar-refractivity contribution in [2.45, 2.75) is 80.3 Å². The van der Waals surface area contributed by atoms with Crippen molar-refractivity contribution in [2.75, 3.05) is 5.73 Å². The van der Waals surface area contributed by atoms with Gasteiger partial charge in [0, 0.05) is 16.7 Å². The normalized spacial score (nSPS) is 27.1. The van der Waals surface area contributed by atoms with E-state index < -0.39 is 27.8 Å². The van der Waals surface area contributed by atoms with Gasteiger partial charge in [-0.1, -0.05) is 27.7 Å². The molecule has 6 heteroatoms. The van der Waals surface area contributed by atoms with Gasteiger partial charge in [-0.25, -0.2) is 0 Å². The lowest BCUT2D eigenvalue weighted by Crippen LogP contribution is -2.77. The van der Waals surface area contributed by atoms with Crippen molar-refractivity contribution in [1.29, 1.82) is 0 Å². The van der Waals surface area contributed by atoms with Crippen LogP contribution in [-0.4, -0.2) is 28.2 Å². The Bertz CT molecular complexity index is 988. The number of rotatable bonds is 1. The van der Waals surface area contributed by atoms with Crippen LogP contribution in [0.3, 0.4) is 0 Å². The van der Waals surface area contributed by atoms with Gasteiger partial charge in [-0.2, -0.15) is 0 Å². The molecule has 3 N–H and O–H groups in total. The number of nitrogen functional groups attached to an aromatic ring is 1. The Morgan fingerprint density at radius 3 is 1.83 bits per heavy atom. The fourth-order valence-electron chi connectivity index (χ4n) is 5.26. The Labute approximate surface area is 173 Å². The molecule has 2 aliphatic heterocycles. The minimum Gasteiger partial charge on any atom is -0.398 e. The number of hydrogen-bond acceptors (Lipinski definition) is 4. The number of benzene rings is 1. The highest BCUT2D eigenvalue weighted by Gasteiger charge is 2.69. The van der Waals surface area contributed by atoms with Gasteiger partial charge in [-0.05, 0) is 58.2 Å². The number of amides is 3. The highest BCUT2D eigenvalue weighted by molar-refractivity contribution is 6.11. The number of carbonyl (C=O) groups excluding carboxylic acids is 3. The van der Waals surface area contributed by atoms with Gasteiger partial charge < -0.3 is 10.6 Å². The summed E-state index contributed by atoms with van der Waals surface area (Å²) in [6.07, 6.45) is 0. The van der Waals surface area contributed by atoms with Crippen LogP contribution in [0.2, 0.25) is 0 Å². The molecule has 158 valence electrons. The first-order valence-electron chi connectivity index (χ1n) is 10.1. The zero-order valence-corrected chi connectivity index (χ0v) is 19.2. The molecule has 0 aromatic heterocycles. The van der Waals surface area contributed by atoms with Gasteiger partial charge in [0.1, 0.15) is 5.54 Å². The maximum Gasteiger partial charge on any atom is 0.256 e. The van der Waals surface area contributed by atoms with E-state index in [-0.39, 0.29) is 11.8 Å². The third-order valence-corrected chi connectivity index (χ3v) is 8.47. The number of piperidine rings is 1. The van der Waals surface area contributed by atoms with Gasteiger partial charge in [-0.15, -0.1) is 0 Å². The van der Waals surface area contributed by atoms with E-state index in [0.717, 1.165) is 22.3 Å².